The van der Waals surface area contributed by atoms with Crippen molar-refractivity contribution in [3.63, 3.8) is 0 Å². The number of hydrogen-bond donors (Lipinski definition) is 2. The zero-order chi connectivity index (χ0) is 18.1. The number of nitrogens with one attached hydrogen (secondary N) is 1. The summed E-state index contributed by atoms with van der Waals surface area (Å²) in [5.74, 6) is 0.281. The summed E-state index contributed by atoms with van der Waals surface area (Å²) in [6.07, 6.45) is 4.96. The van der Waals surface area contributed by atoms with Crippen LogP contribution in [-0.4, -0.2) is 49.1 Å². The van der Waals surface area contributed by atoms with Crippen molar-refractivity contribution in [2.45, 2.75) is 44.9 Å². The molecular formula is C18H28N2O4S. The summed E-state index contributed by atoms with van der Waals surface area (Å²) in [7, 11) is -3.17. The predicted octanol–water partition coefficient (Wildman–Crippen LogP) is 2.04. The van der Waals surface area contributed by atoms with Gasteiger partial charge in [-0.25, -0.2) is 12.7 Å². The molecule has 1 aromatic carbocycles. The molecule has 1 aromatic rings. The van der Waals surface area contributed by atoms with Crippen LogP contribution < -0.4 is 5.32 Å². The molecule has 2 N–H and O–H groups in total. The van der Waals surface area contributed by atoms with E-state index in [2.05, 4.69) is 5.32 Å². The molecule has 0 spiro atoms. The molecule has 25 heavy (non-hydrogen) atoms. The number of amides is 1. The van der Waals surface area contributed by atoms with Crippen molar-refractivity contribution in [2.24, 2.45) is 0 Å². The van der Waals surface area contributed by atoms with Crippen LogP contribution in [-0.2, 0) is 21.2 Å². The molecule has 0 atom stereocenters. The third-order valence-electron chi connectivity index (χ3n) is 4.47. The van der Waals surface area contributed by atoms with Crippen molar-refractivity contribution >= 4 is 15.9 Å². The monoisotopic (exact) mass is 368 g/mol. The van der Waals surface area contributed by atoms with E-state index in [1.807, 2.05) is 12.1 Å². The lowest BCUT2D eigenvalue weighted by atomic mass is 10.1. The molecule has 0 radical (unpaired) electrons. The summed E-state index contributed by atoms with van der Waals surface area (Å²) >= 11 is 0. The van der Waals surface area contributed by atoms with E-state index in [0.29, 0.717) is 45.3 Å². The fourth-order valence-corrected chi connectivity index (χ4v) is 4.63. The summed E-state index contributed by atoms with van der Waals surface area (Å²) in [4.78, 5) is 11.8. The van der Waals surface area contributed by atoms with Crippen LogP contribution in [0, 0.1) is 0 Å². The smallest absolute Gasteiger partial charge is 0.220 e. The van der Waals surface area contributed by atoms with Gasteiger partial charge in [0.05, 0.1) is 5.75 Å². The van der Waals surface area contributed by atoms with Crippen molar-refractivity contribution in [3.8, 4) is 5.75 Å². The van der Waals surface area contributed by atoms with Crippen LogP contribution in [0.15, 0.2) is 24.3 Å². The Morgan fingerprint density at radius 3 is 2.56 bits per heavy atom. The Morgan fingerprint density at radius 1 is 1.12 bits per heavy atom. The standard InChI is InChI=1S/C18H28N2O4S/c21-17-9-3-2-8-16(17)11-12-19-18(22)10-4-7-15-25(23,24)20-13-5-1-6-14-20/h2-3,8-9,21H,1,4-7,10-15H2,(H,19,22). The molecule has 1 saturated heterocycles. The number of phenolic OH excluding ortho intramolecular Hbond substituents is 1. The maximum absolute atomic E-state index is 12.2. The van der Waals surface area contributed by atoms with E-state index in [4.69, 9.17) is 0 Å². The molecule has 1 aliphatic heterocycles. The van der Waals surface area contributed by atoms with Gasteiger partial charge in [0.1, 0.15) is 5.75 Å². The van der Waals surface area contributed by atoms with Gasteiger partial charge in [-0.15, -0.1) is 0 Å². The van der Waals surface area contributed by atoms with E-state index in [1.54, 1.807) is 16.4 Å². The van der Waals surface area contributed by atoms with E-state index in [-0.39, 0.29) is 17.4 Å². The van der Waals surface area contributed by atoms with E-state index in [9.17, 15) is 18.3 Å². The maximum atomic E-state index is 12.2. The average molecular weight is 368 g/mol. The minimum absolute atomic E-state index is 0.0780. The van der Waals surface area contributed by atoms with Gasteiger partial charge in [-0.05, 0) is 43.7 Å². The Bertz CT molecular complexity index is 655. The molecule has 0 unspecified atom stereocenters. The molecule has 0 bridgehead atoms. The molecule has 1 amide bonds. The molecule has 2 rings (SSSR count). The second-order valence-electron chi connectivity index (χ2n) is 6.46. The van der Waals surface area contributed by atoms with Gasteiger partial charge in [0.2, 0.25) is 15.9 Å². The molecule has 6 nitrogen and oxygen atoms in total. The first-order chi connectivity index (χ1) is 12.0. The third-order valence-corrected chi connectivity index (χ3v) is 6.43. The number of unbranched alkanes of at least 4 members (excludes halogenated alkanes) is 1. The average Bonchev–Trinajstić information content (AvgIpc) is 2.61. The number of nitrogens with zero attached hydrogens (tertiary/aromatic N) is 1. The van der Waals surface area contributed by atoms with Crippen LogP contribution in [0.4, 0.5) is 0 Å². The van der Waals surface area contributed by atoms with Gasteiger partial charge < -0.3 is 10.4 Å². The minimum atomic E-state index is -3.17. The van der Waals surface area contributed by atoms with Crippen LogP contribution >= 0.6 is 0 Å². The first-order valence-electron chi connectivity index (χ1n) is 9.00. The number of sulfonamides is 1. The molecule has 0 aliphatic carbocycles. The van der Waals surface area contributed by atoms with Gasteiger partial charge in [0.25, 0.3) is 0 Å². The second-order valence-corrected chi connectivity index (χ2v) is 8.55. The first kappa shape index (κ1) is 19.7. The topological polar surface area (TPSA) is 86.7 Å². The zero-order valence-corrected chi connectivity index (χ0v) is 15.4. The van der Waals surface area contributed by atoms with E-state index >= 15 is 0 Å². The van der Waals surface area contributed by atoms with Crippen LogP contribution in [0.5, 0.6) is 5.75 Å². The van der Waals surface area contributed by atoms with E-state index in [1.165, 1.54) is 0 Å². The lowest BCUT2D eigenvalue weighted by Crippen LogP contribution is -2.37. The largest absolute Gasteiger partial charge is 0.508 e. The van der Waals surface area contributed by atoms with Crippen LogP contribution in [0.3, 0.4) is 0 Å². The number of phenols is 1. The number of carbonyl (C=O) groups excluding carboxylic acids is 1. The first-order valence-corrected chi connectivity index (χ1v) is 10.6. The Kier molecular flexibility index (Phi) is 7.71. The Balaban J connectivity index is 1.59. The Morgan fingerprint density at radius 2 is 1.84 bits per heavy atom. The fraction of sp³-hybridized carbons (Fsp3) is 0.611. The lowest BCUT2D eigenvalue weighted by molar-refractivity contribution is -0.121. The third kappa shape index (κ3) is 6.66. The van der Waals surface area contributed by atoms with Crippen molar-refractivity contribution in [1.29, 1.82) is 0 Å². The van der Waals surface area contributed by atoms with E-state index < -0.39 is 10.0 Å². The summed E-state index contributed by atoms with van der Waals surface area (Å²) in [6, 6.07) is 7.06. The van der Waals surface area contributed by atoms with Crippen molar-refractivity contribution in [2.75, 3.05) is 25.4 Å². The van der Waals surface area contributed by atoms with Crippen molar-refractivity contribution < 1.29 is 18.3 Å². The lowest BCUT2D eigenvalue weighted by Gasteiger charge is -2.25. The molecule has 7 heteroatoms. The summed E-state index contributed by atoms with van der Waals surface area (Å²) < 4.78 is 26.0. The molecule has 1 fully saturated rings. The number of piperidine rings is 1. The predicted molar refractivity (Wildman–Crippen MR) is 97.9 cm³/mol. The maximum Gasteiger partial charge on any atom is 0.220 e. The molecule has 1 aliphatic rings. The summed E-state index contributed by atoms with van der Waals surface area (Å²) in [6.45, 7) is 1.73. The normalized spacial score (nSPS) is 15.8. The number of hydrogen-bond acceptors (Lipinski definition) is 4. The molecule has 0 saturated carbocycles. The fourth-order valence-electron chi connectivity index (χ4n) is 2.99. The Labute approximate surface area is 150 Å². The minimum Gasteiger partial charge on any atom is -0.508 e. The van der Waals surface area contributed by atoms with Gasteiger partial charge >= 0.3 is 0 Å². The van der Waals surface area contributed by atoms with Crippen LogP contribution in [0.25, 0.3) is 0 Å². The highest BCUT2D eigenvalue weighted by molar-refractivity contribution is 7.89. The summed E-state index contributed by atoms with van der Waals surface area (Å²) in [5, 5.41) is 12.5. The molecule has 0 aromatic heterocycles. The molecular weight excluding hydrogens is 340 g/mol. The van der Waals surface area contributed by atoms with Gasteiger partial charge in [0.15, 0.2) is 0 Å². The highest BCUT2D eigenvalue weighted by atomic mass is 32.2. The molecule has 140 valence electrons. The molecule has 1 heterocycles. The number of carbonyl (C=O) groups is 1. The van der Waals surface area contributed by atoms with Crippen molar-refractivity contribution in [1.82, 2.24) is 9.62 Å². The van der Waals surface area contributed by atoms with Gasteiger partial charge in [-0.2, -0.15) is 0 Å². The van der Waals surface area contributed by atoms with Gasteiger partial charge in [-0.1, -0.05) is 24.6 Å². The highest BCUT2D eigenvalue weighted by Gasteiger charge is 2.23. The number of aromatic hydroxyl groups is 1. The highest BCUT2D eigenvalue weighted by Crippen LogP contribution is 2.16. The number of rotatable bonds is 9. The Hall–Kier alpha value is -1.60. The summed E-state index contributed by atoms with van der Waals surface area (Å²) in [5.41, 5.74) is 0.801. The quantitative estimate of drug-likeness (QED) is 0.653. The number of para-hydroxylation sites is 1. The van der Waals surface area contributed by atoms with Crippen molar-refractivity contribution in [3.05, 3.63) is 29.8 Å². The van der Waals surface area contributed by atoms with Gasteiger partial charge in [0, 0.05) is 26.1 Å². The SMILES string of the molecule is O=C(CCCCS(=O)(=O)N1CCCCC1)NCCc1ccccc1O. The van der Waals surface area contributed by atoms with Crippen LogP contribution in [0.1, 0.15) is 44.1 Å². The zero-order valence-electron chi connectivity index (χ0n) is 14.6. The number of benzene rings is 1. The van der Waals surface area contributed by atoms with Gasteiger partial charge in [-0.3, -0.25) is 4.79 Å². The van der Waals surface area contributed by atoms with Crippen LogP contribution in [0.2, 0.25) is 0 Å². The second kappa shape index (κ2) is 9.77. The van der Waals surface area contributed by atoms with E-state index in [0.717, 1.165) is 24.8 Å².